The van der Waals surface area contributed by atoms with Gasteiger partial charge >= 0.3 is 6.18 Å². The molecule has 0 spiro atoms. The summed E-state index contributed by atoms with van der Waals surface area (Å²) in [5, 5.41) is 5.37. The molecule has 0 saturated heterocycles. The van der Waals surface area contributed by atoms with E-state index in [1.54, 1.807) is 0 Å². The number of alkyl halides is 3. The number of amides is 2. The first-order valence-electron chi connectivity index (χ1n) is 10.3. The molecule has 2 N–H and O–H groups in total. The number of hydrogen-bond acceptors (Lipinski definition) is 8. The van der Waals surface area contributed by atoms with Crippen LogP contribution in [-0.2, 0) is 17.5 Å². The smallest absolute Gasteiger partial charge is 0.420 e. The SMILES string of the molecule is COc1ccc(Oc2cnc(CNC(=O)C3(NC(=O)c4cncnc4)CC3)cn2)c(C(F)(F)F)c1. The number of aromatic nitrogens is 4. The van der Waals surface area contributed by atoms with E-state index < -0.39 is 34.8 Å². The molecule has 13 heteroatoms. The second-order valence-electron chi connectivity index (χ2n) is 7.65. The lowest BCUT2D eigenvalue weighted by atomic mass is 10.2. The highest BCUT2D eigenvalue weighted by Crippen LogP contribution is 2.40. The molecule has 2 amide bonds. The van der Waals surface area contributed by atoms with Crippen LogP contribution in [0.25, 0.3) is 0 Å². The Bertz CT molecular complexity index is 1220. The Morgan fingerprint density at radius 1 is 1.09 bits per heavy atom. The number of nitrogens with one attached hydrogen (secondary N) is 2. The van der Waals surface area contributed by atoms with Gasteiger partial charge in [0.25, 0.3) is 5.91 Å². The summed E-state index contributed by atoms with van der Waals surface area (Å²) in [5.74, 6) is -1.44. The molecule has 35 heavy (non-hydrogen) atoms. The highest BCUT2D eigenvalue weighted by molar-refractivity contribution is 6.00. The molecule has 0 aliphatic heterocycles. The van der Waals surface area contributed by atoms with Crippen LogP contribution in [0.15, 0.2) is 49.3 Å². The Labute approximate surface area is 196 Å². The van der Waals surface area contributed by atoms with Gasteiger partial charge in [-0.1, -0.05) is 0 Å². The van der Waals surface area contributed by atoms with Gasteiger partial charge in [-0.25, -0.2) is 15.0 Å². The zero-order valence-corrected chi connectivity index (χ0v) is 18.3. The number of rotatable bonds is 8. The van der Waals surface area contributed by atoms with Gasteiger partial charge in [0, 0.05) is 12.4 Å². The van der Waals surface area contributed by atoms with Crippen molar-refractivity contribution in [2.75, 3.05) is 7.11 Å². The Morgan fingerprint density at radius 3 is 2.43 bits per heavy atom. The van der Waals surface area contributed by atoms with Gasteiger partial charge < -0.3 is 20.1 Å². The molecule has 3 aromatic rings. The van der Waals surface area contributed by atoms with Crippen molar-refractivity contribution in [3.8, 4) is 17.4 Å². The monoisotopic (exact) mass is 488 g/mol. The zero-order valence-electron chi connectivity index (χ0n) is 18.3. The molecule has 1 aliphatic rings. The highest BCUT2D eigenvalue weighted by atomic mass is 19.4. The van der Waals surface area contributed by atoms with Crippen LogP contribution in [0.5, 0.6) is 17.4 Å². The van der Waals surface area contributed by atoms with Crippen LogP contribution in [0.3, 0.4) is 0 Å². The van der Waals surface area contributed by atoms with Crippen molar-refractivity contribution >= 4 is 11.8 Å². The molecule has 2 aromatic heterocycles. The summed E-state index contributed by atoms with van der Waals surface area (Å²) in [6.45, 7) is -0.00544. The molecule has 10 nitrogen and oxygen atoms in total. The van der Waals surface area contributed by atoms with Gasteiger partial charge in [0.15, 0.2) is 0 Å². The Balaban J connectivity index is 1.36. The third-order valence-corrected chi connectivity index (χ3v) is 5.18. The second kappa shape index (κ2) is 9.52. The van der Waals surface area contributed by atoms with Crippen LogP contribution < -0.4 is 20.1 Å². The lowest BCUT2D eigenvalue weighted by Crippen LogP contribution is -2.48. The van der Waals surface area contributed by atoms with Crippen molar-refractivity contribution in [1.82, 2.24) is 30.6 Å². The highest BCUT2D eigenvalue weighted by Gasteiger charge is 2.51. The maximum atomic E-state index is 13.3. The van der Waals surface area contributed by atoms with E-state index in [0.29, 0.717) is 18.5 Å². The van der Waals surface area contributed by atoms with Crippen molar-refractivity contribution in [1.29, 1.82) is 0 Å². The summed E-state index contributed by atoms with van der Waals surface area (Å²) < 4.78 is 50.1. The number of carbonyl (C=O) groups excluding carboxylic acids is 2. The minimum atomic E-state index is -4.66. The summed E-state index contributed by atoms with van der Waals surface area (Å²) in [7, 11) is 1.26. The maximum Gasteiger partial charge on any atom is 0.420 e. The van der Waals surface area contributed by atoms with E-state index in [1.807, 2.05) is 0 Å². The molecular weight excluding hydrogens is 469 g/mol. The average molecular weight is 488 g/mol. The zero-order chi connectivity index (χ0) is 25.1. The van der Waals surface area contributed by atoms with E-state index >= 15 is 0 Å². The Kier molecular flexibility index (Phi) is 6.49. The predicted octanol–water partition coefficient (Wildman–Crippen LogP) is 2.67. The fourth-order valence-corrected chi connectivity index (χ4v) is 3.13. The van der Waals surface area contributed by atoms with Gasteiger partial charge in [-0.3, -0.25) is 14.6 Å². The number of nitrogens with zero attached hydrogens (tertiary/aromatic N) is 4. The molecule has 0 atom stereocenters. The number of benzene rings is 1. The maximum absolute atomic E-state index is 13.3. The first-order valence-corrected chi connectivity index (χ1v) is 10.3. The standard InChI is InChI=1S/C22H19F3N6O4/c1-34-15-2-3-17(16(6-15)22(23,24)25)35-18-11-28-14(9-29-18)10-30-20(33)21(4-5-21)31-19(32)13-7-26-12-27-8-13/h2-3,6-9,11-12H,4-5,10H2,1H3,(H,30,33)(H,31,32). The third-order valence-electron chi connectivity index (χ3n) is 5.18. The summed E-state index contributed by atoms with van der Waals surface area (Å²) >= 11 is 0. The number of carbonyl (C=O) groups is 2. The second-order valence-corrected chi connectivity index (χ2v) is 7.65. The van der Waals surface area contributed by atoms with Crippen LogP contribution >= 0.6 is 0 Å². The summed E-state index contributed by atoms with van der Waals surface area (Å²) in [4.78, 5) is 40.5. The minimum Gasteiger partial charge on any atom is -0.497 e. The summed E-state index contributed by atoms with van der Waals surface area (Å²) in [6.07, 6.45) is 2.68. The molecule has 1 saturated carbocycles. The van der Waals surface area contributed by atoms with Crippen LogP contribution in [-0.4, -0.2) is 44.4 Å². The number of halogens is 3. The first-order chi connectivity index (χ1) is 16.7. The van der Waals surface area contributed by atoms with Gasteiger partial charge in [0.2, 0.25) is 11.8 Å². The molecular formula is C22H19F3N6O4. The van der Waals surface area contributed by atoms with Crippen molar-refractivity contribution < 1.29 is 32.2 Å². The molecule has 4 rings (SSSR count). The Morgan fingerprint density at radius 2 is 1.83 bits per heavy atom. The topological polar surface area (TPSA) is 128 Å². The fourth-order valence-electron chi connectivity index (χ4n) is 3.13. The molecule has 2 heterocycles. The van der Waals surface area contributed by atoms with Crippen LogP contribution in [0, 0.1) is 0 Å². The molecule has 182 valence electrons. The van der Waals surface area contributed by atoms with Crippen molar-refractivity contribution in [3.05, 3.63) is 66.1 Å². The normalized spacial score (nSPS) is 14.1. The van der Waals surface area contributed by atoms with E-state index in [0.717, 1.165) is 18.3 Å². The molecule has 0 unspecified atom stereocenters. The number of ether oxygens (including phenoxy) is 2. The van der Waals surface area contributed by atoms with Crippen LogP contribution in [0.4, 0.5) is 13.2 Å². The van der Waals surface area contributed by atoms with Crippen molar-refractivity contribution in [3.63, 3.8) is 0 Å². The van der Waals surface area contributed by atoms with E-state index in [9.17, 15) is 22.8 Å². The van der Waals surface area contributed by atoms with Gasteiger partial charge in [-0.05, 0) is 31.0 Å². The van der Waals surface area contributed by atoms with Crippen LogP contribution in [0.2, 0.25) is 0 Å². The third kappa shape index (κ3) is 5.62. The minimum absolute atomic E-state index is 0.00544. The Hall–Kier alpha value is -4.29. The summed E-state index contributed by atoms with van der Waals surface area (Å²) in [6, 6.07) is 3.28. The predicted molar refractivity (Wildman–Crippen MR) is 113 cm³/mol. The first kappa shape index (κ1) is 23.9. The van der Waals surface area contributed by atoms with Crippen molar-refractivity contribution in [2.45, 2.75) is 31.1 Å². The lowest BCUT2D eigenvalue weighted by Gasteiger charge is -2.17. The lowest BCUT2D eigenvalue weighted by molar-refractivity contribution is -0.138. The molecule has 1 aliphatic carbocycles. The van der Waals surface area contributed by atoms with E-state index in [4.69, 9.17) is 9.47 Å². The van der Waals surface area contributed by atoms with Gasteiger partial charge in [0.05, 0.1) is 37.3 Å². The van der Waals surface area contributed by atoms with Gasteiger partial charge in [0.1, 0.15) is 28.9 Å². The number of hydrogen-bond donors (Lipinski definition) is 2. The quantitative estimate of drug-likeness (QED) is 0.495. The molecule has 0 radical (unpaired) electrons. The molecule has 1 aromatic carbocycles. The molecule has 1 fully saturated rings. The van der Waals surface area contributed by atoms with Gasteiger partial charge in [-0.15, -0.1) is 0 Å². The number of methoxy groups -OCH3 is 1. The van der Waals surface area contributed by atoms with Gasteiger partial charge in [-0.2, -0.15) is 13.2 Å². The van der Waals surface area contributed by atoms with E-state index in [2.05, 4.69) is 30.6 Å². The fraction of sp³-hybridized carbons (Fsp3) is 0.273. The average Bonchev–Trinajstić information content (AvgIpc) is 3.64. The van der Waals surface area contributed by atoms with E-state index in [1.165, 1.54) is 38.1 Å². The summed E-state index contributed by atoms with van der Waals surface area (Å²) in [5.41, 5.74) is -1.46. The van der Waals surface area contributed by atoms with E-state index in [-0.39, 0.29) is 23.7 Å². The largest absolute Gasteiger partial charge is 0.497 e. The van der Waals surface area contributed by atoms with Crippen molar-refractivity contribution in [2.24, 2.45) is 0 Å². The molecule has 0 bridgehead atoms. The van der Waals surface area contributed by atoms with Crippen LogP contribution in [0.1, 0.15) is 34.5 Å².